The molecular weight excluding hydrogens is 347 g/mol. The number of aliphatic hydroxyl groups is 1. The Labute approximate surface area is 157 Å². The molecule has 8 heteroatoms. The molecule has 0 amide bonds. The Balaban J connectivity index is 1.98. The van der Waals surface area contributed by atoms with Crippen molar-refractivity contribution in [3.63, 3.8) is 0 Å². The normalized spacial score (nSPS) is 14.1. The predicted molar refractivity (Wildman–Crippen MR) is 105 cm³/mol. The van der Waals surface area contributed by atoms with E-state index in [0.29, 0.717) is 35.5 Å². The highest BCUT2D eigenvalue weighted by atomic mass is 19.1. The van der Waals surface area contributed by atoms with Crippen LogP contribution in [0.5, 0.6) is 0 Å². The maximum atomic E-state index is 14.1. The molecule has 5 N–H and O–H groups in total. The minimum Gasteiger partial charge on any atom is -0.395 e. The molecule has 1 aromatic heterocycles. The van der Waals surface area contributed by atoms with Crippen LogP contribution in [0.15, 0.2) is 36.7 Å². The molecule has 1 aromatic carbocycles. The lowest BCUT2D eigenvalue weighted by Crippen LogP contribution is -2.24. The minimum atomic E-state index is -0.363. The molecule has 1 heterocycles. The van der Waals surface area contributed by atoms with E-state index in [0.717, 1.165) is 25.7 Å². The Kier molecular flexibility index (Phi) is 6.08. The van der Waals surface area contributed by atoms with Gasteiger partial charge in [-0.3, -0.25) is 4.57 Å². The third kappa shape index (κ3) is 4.28. The van der Waals surface area contributed by atoms with Crippen molar-refractivity contribution < 1.29 is 9.50 Å². The second kappa shape index (κ2) is 8.68. The Bertz CT molecular complexity index is 813. The molecule has 1 aliphatic carbocycles. The van der Waals surface area contributed by atoms with Crippen molar-refractivity contribution in [1.29, 1.82) is 5.41 Å². The van der Waals surface area contributed by atoms with Gasteiger partial charge in [0, 0.05) is 18.8 Å². The second-order valence-electron chi connectivity index (χ2n) is 6.48. The van der Waals surface area contributed by atoms with Gasteiger partial charge in [-0.05, 0) is 25.0 Å². The zero-order chi connectivity index (χ0) is 19.2. The van der Waals surface area contributed by atoms with E-state index in [4.69, 9.17) is 10.5 Å². The van der Waals surface area contributed by atoms with Gasteiger partial charge in [-0.1, -0.05) is 31.6 Å². The van der Waals surface area contributed by atoms with Gasteiger partial charge in [-0.2, -0.15) is 0 Å². The molecule has 0 atom stereocenters. The van der Waals surface area contributed by atoms with Gasteiger partial charge in [0.15, 0.2) is 0 Å². The van der Waals surface area contributed by atoms with Crippen molar-refractivity contribution in [1.82, 2.24) is 14.9 Å². The van der Waals surface area contributed by atoms with Crippen molar-refractivity contribution in [2.45, 2.75) is 31.7 Å². The van der Waals surface area contributed by atoms with Crippen LogP contribution in [0.25, 0.3) is 0 Å². The van der Waals surface area contributed by atoms with Crippen molar-refractivity contribution in [2.24, 2.45) is 0 Å². The largest absolute Gasteiger partial charge is 0.395 e. The molecule has 3 rings (SSSR count). The number of hydrogen-bond donors (Lipinski definition) is 5. The van der Waals surface area contributed by atoms with E-state index in [-0.39, 0.29) is 18.5 Å². The maximum Gasteiger partial charge on any atom is 0.209 e. The fraction of sp³-hybridized carbons (Fsp3) is 0.368. The van der Waals surface area contributed by atoms with Crippen LogP contribution < -0.4 is 16.0 Å². The molecule has 0 bridgehead atoms. The van der Waals surface area contributed by atoms with E-state index in [1.807, 2.05) is 4.57 Å². The van der Waals surface area contributed by atoms with E-state index < -0.39 is 0 Å². The van der Waals surface area contributed by atoms with Crippen LogP contribution in [0.1, 0.15) is 37.4 Å². The van der Waals surface area contributed by atoms with Gasteiger partial charge in [0.1, 0.15) is 17.3 Å². The van der Waals surface area contributed by atoms with E-state index in [1.165, 1.54) is 12.3 Å². The number of para-hydroxylation sites is 1. The van der Waals surface area contributed by atoms with Gasteiger partial charge in [0.05, 0.1) is 18.1 Å². The highest BCUT2D eigenvalue weighted by Crippen LogP contribution is 2.37. The third-order valence-electron chi connectivity index (χ3n) is 4.60. The van der Waals surface area contributed by atoms with Crippen molar-refractivity contribution in [3.8, 4) is 0 Å². The summed E-state index contributed by atoms with van der Waals surface area (Å²) in [5, 5.41) is 25.9. The standard InChI is InChI=1S/C19H25FN6O/c1-13(22-10-11-27)23-18-17(12-21)25-19(26(18)14-6-2-3-7-14)24-16-9-5-4-8-15(16)20/h4-5,8-9,12,14,21-23,27H,1-3,6-7,10-11H2,(H,24,25). The van der Waals surface area contributed by atoms with E-state index in [1.54, 1.807) is 18.2 Å². The molecule has 0 radical (unpaired) electrons. The number of hydrogen-bond acceptors (Lipinski definition) is 6. The zero-order valence-electron chi connectivity index (χ0n) is 15.1. The van der Waals surface area contributed by atoms with Gasteiger partial charge in [0.25, 0.3) is 0 Å². The number of aliphatic hydroxyl groups excluding tert-OH is 1. The summed E-state index contributed by atoms with van der Waals surface area (Å²) in [6.45, 7) is 4.26. The summed E-state index contributed by atoms with van der Waals surface area (Å²) in [7, 11) is 0. The van der Waals surface area contributed by atoms with Crippen LogP contribution in [0.4, 0.5) is 21.8 Å². The van der Waals surface area contributed by atoms with Crippen LogP contribution in [-0.2, 0) is 0 Å². The predicted octanol–water partition coefficient (Wildman–Crippen LogP) is 3.34. The average Bonchev–Trinajstić information content (AvgIpc) is 3.29. The number of imidazole rings is 1. The number of benzene rings is 1. The number of rotatable bonds is 9. The molecule has 1 saturated carbocycles. The fourth-order valence-corrected chi connectivity index (χ4v) is 3.36. The van der Waals surface area contributed by atoms with Crippen LogP contribution in [-0.4, -0.2) is 34.0 Å². The maximum absolute atomic E-state index is 14.1. The van der Waals surface area contributed by atoms with Gasteiger partial charge >= 0.3 is 0 Å². The molecule has 144 valence electrons. The number of aromatic nitrogens is 2. The number of anilines is 3. The summed E-state index contributed by atoms with van der Waals surface area (Å²) in [4.78, 5) is 4.50. The van der Waals surface area contributed by atoms with E-state index >= 15 is 0 Å². The molecular formula is C19H25FN6O. The molecule has 0 saturated heterocycles. The summed E-state index contributed by atoms with van der Waals surface area (Å²) in [6, 6.07) is 6.64. The van der Waals surface area contributed by atoms with E-state index in [9.17, 15) is 4.39 Å². The first-order valence-corrected chi connectivity index (χ1v) is 9.09. The van der Waals surface area contributed by atoms with Crippen LogP contribution in [0.3, 0.4) is 0 Å². The summed E-state index contributed by atoms with van der Waals surface area (Å²) >= 11 is 0. The number of nitrogens with one attached hydrogen (secondary N) is 4. The first-order valence-electron chi connectivity index (χ1n) is 9.09. The van der Waals surface area contributed by atoms with Gasteiger partial charge in [0.2, 0.25) is 5.95 Å². The lowest BCUT2D eigenvalue weighted by Gasteiger charge is -2.21. The molecule has 2 aromatic rings. The lowest BCUT2D eigenvalue weighted by molar-refractivity contribution is 0.297. The highest BCUT2D eigenvalue weighted by Gasteiger charge is 2.26. The van der Waals surface area contributed by atoms with Crippen LogP contribution in [0.2, 0.25) is 0 Å². The SMILES string of the molecule is C=C(NCCO)Nc1c(C=N)nc(Nc2ccccc2F)n1C1CCCC1. The highest BCUT2D eigenvalue weighted by molar-refractivity contribution is 5.84. The van der Waals surface area contributed by atoms with Crippen molar-refractivity contribution in [3.05, 3.63) is 48.2 Å². The summed E-state index contributed by atoms with van der Waals surface area (Å²) in [5.74, 6) is 1.26. The van der Waals surface area contributed by atoms with Gasteiger partial charge < -0.3 is 26.5 Å². The van der Waals surface area contributed by atoms with Crippen LogP contribution in [0, 0.1) is 11.2 Å². The van der Waals surface area contributed by atoms with Gasteiger partial charge in [-0.25, -0.2) is 9.37 Å². The van der Waals surface area contributed by atoms with E-state index in [2.05, 4.69) is 27.5 Å². The van der Waals surface area contributed by atoms with Crippen molar-refractivity contribution >= 4 is 23.7 Å². The van der Waals surface area contributed by atoms with Crippen LogP contribution >= 0.6 is 0 Å². The summed E-state index contributed by atoms with van der Waals surface area (Å²) < 4.78 is 16.1. The quantitative estimate of drug-likeness (QED) is 0.435. The lowest BCUT2D eigenvalue weighted by atomic mass is 10.2. The topological polar surface area (TPSA) is 98.0 Å². The van der Waals surface area contributed by atoms with Crippen molar-refractivity contribution in [2.75, 3.05) is 23.8 Å². The Morgan fingerprint density at radius 3 is 2.78 bits per heavy atom. The molecule has 0 aliphatic heterocycles. The second-order valence-corrected chi connectivity index (χ2v) is 6.48. The molecule has 1 fully saturated rings. The van der Waals surface area contributed by atoms with Gasteiger partial charge in [-0.15, -0.1) is 0 Å². The summed E-state index contributed by atoms with van der Waals surface area (Å²) in [6.07, 6.45) is 5.38. The molecule has 0 spiro atoms. The molecule has 1 aliphatic rings. The minimum absolute atomic E-state index is 0.0138. The number of halogens is 1. The summed E-state index contributed by atoms with van der Waals surface area (Å²) in [5.41, 5.74) is 0.773. The Morgan fingerprint density at radius 1 is 1.37 bits per heavy atom. The Hall–Kier alpha value is -2.87. The first kappa shape index (κ1) is 18.9. The molecule has 27 heavy (non-hydrogen) atoms. The number of nitrogens with zero attached hydrogens (tertiary/aromatic N) is 2. The smallest absolute Gasteiger partial charge is 0.209 e. The first-order chi connectivity index (χ1) is 13.1. The Morgan fingerprint density at radius 2 is 2.11 bits per heavy atom. The monoisotopic (exact) mass is 372 g/mol. The molecule has 7 nitrogen and oxygen atoms in total. The third-order valence-corrected chi connectivity index (χ3v) is 4.60. The fourth-order valence-electron chi connectivity index (χ4n) is 3.36. The average molecular weight is 372 g/mol. The molecule has 0 unspecified atom stereocenters. The zero-order valence-corrected chi connectivity index (χ0v) is 15.1.